The fourth-order valence-electron chi connectivity index (χ4n) is 2.88. The van der Waals surface area contributed by atoms with Crippen molar-refractivity contribution in [3.63, 3.8) is 0 Å². The molecule has 1 fully saturated rings. The topological polar surface area (TPSA) is 46.2 Å². The van der Waals surface area contributed by atoms with Crippen LogP contribution in [0.2, 0.25) is 0 Å². The van der Waals surface area contributed by atoms with Crippen molar-refractivity contribution in [2.75, 3.05) is 0 Å². The molecule has 0 spiro atoms. The zero-order valence-corrected chi connectivity index (χ0v) is 13.2. The highest BCUT2D eigenvalue weighted by molar-refractivity contribution is 7.89. The quantitative estimate of drug-likeness (QED) is 0.876. The van der Waals surface area contributed by atoms with E-state index in [0.717, 1.165) is 36.5 Å². The van der Waals surface area contributed by atoms with Gasteiger partial charge >= 0.3 is 0 Å². The van der Waals surface area contributed by atoms with E-state index in [1.54, 1.807) is 12.1 Å². The number of nitrogens with one attached hydrogen (secondary N) is 1. The normalized spacial score (nSPS) is 23.3. The third-order valence-electron chi connectivity index (χ3n) is 4.02. The Bertz CT molecular complexity index is 732. The first-order valence-corrected chi connectivity index (χ1v) is 9.12. The minimum absolute atomic E-state index is 0.0102. The first-order valence-electron chi connectivity index (χ1n) is 7.20. The van der Waals surface area contributed by atoms with Crippen LogP contribution in [0.5, 0.6) is 0 Å². The number of halogens is 1. The van der Waals surface area contributed by atoms with Gasteiger partial charge in [0, 0.05) is 16.8 Å². The molecule has 5 heteroatoms. The van der Waals surface area contributed by atoms with E-state index < -0.39 is 10.0 Å². The Kier molecular flexibility index (Phi) is 4.20. The van der Waals surface area contributed by atoms with Crippen molar-refractivity contribution in [3.05, 3.63) is 42.5 Å². The van der Waals surface area contributed by atoms with Gasteiger partial charge in [-0.1, -0.05) is 36.4 Å². The Morgan fingerprint density at radius 3 is 2.38 bits per heavy atom. The van der Waals surface area contributed by atoms with Gasteiger partial charge in [0.2, 0.25) is 10.0 Å². The summed E-state index contributed by atoms with van der Waals surface area (Å²) >= 11 is 6.07. The van der Waals surface area contributed by atoms with Crippen LogP contribution in [-0.4, -0.2) is 19.8 Å². The van der Waals surface area contributed by atoms with Gasteiger partial charge in [0.15, 0.2) is 0 Å². The number of rotatable bonds is 3. The summed E-state index contributed by atoms with van der Waals surface area (Å²) in [5.41, 5.74) is 0. The Morgan fingerprint density at radius 1 is 0.952 bits per heavy atom. The summed E-state index contributed by atoms with van der Waals surface area (Å²) in [6, 6.07) is 12.9. The maximum Gasteiger partial charge on any atom is 0.241 e. The summed E-state index contributed by atoms with van der Waals surface area (Å²) in [7, 11) is -3.50. The highest BCUT2D eigenvalue weighted by Crippen LogP contribution is 2.26. The highest BCUT2D eigenvalue weighted by atomic mass is 35.5. The van der Waals surface area contributed by atoms with Crippen molar-refractivity contribution >= 4 is 32.4 Å². The zero-order chi connectivity index (χ0) is 14.9. The number of hydrogen-bond acceptors (Lipinski definition) is 2. The van der Waals surface area contributed by atoms with Gasteiger partial charge in [-0.15, -0.1) is 11.6 Å². The van der Waals surface area contributed by atoms with Crippen molar-refractivity contribution in [3.8, 4) is 0 Å². The molecule has 0 aliphatic heterocycles. The van der Waals surface area contributed by atoms with Gasteiger partial charge < -0.3 is 0 Å². The Morgan fingerprint density at radius 2 is 1.62 bits per heavy atom. The lowest BCUT2D eigenvalue weighted by Gasteiger charge is -2.25. The van der Waals surface area contributed by atoms with Crippen LogP contribution in [0, 0.1) is 0 Å². The van der Waals surface area contributed by atoms with Crippen molar-refractivity contribution < 1.29 is 8.42 Å². The summed E-state index contributed by atoms with van der Waals surface area (Å²) in [5.74, 6) is 0. The van der Waals surface area contributed by atoms with Gasteiger partial charge in [-0.3, -0.25) is 0 Å². The van der Waals surface area contributed by atoms with Gasteiger partial charge in [0.05, 0.1) is 4.90 Å². The van der Waals surface area contributed by atoms with E-state index in [2.05, 4.69) is 4.72 Å². The molecule has 0 aromatic heterocycles. The third-order valence-corrected chi connectivity index (χ3v) is 6.03. The smallest absolute Gasteiger partial charge is 0.208 e. The Labute approximate surface area is 130 Å². The molecule has 0 heterocycles. The average molecular weight is 324 g/mol. The van der Waals surface area contributed by atoms with Gasteiger partial charge in [0.25, 0.3) is 0 Å². The second-order valence-electron chi connectivity index (χ2n) is 5.55. The fourth-order valence-corrected chi connectivity index (χ4v) is 4.67. The monoisotopic (exact) mass is 323 g/mol. The van der Waals surface area contributed by atoms with Crippen LogP contribution in [0.4, 0.5) is 0 Å². The van der Waals surface area contributed by atoms with Crippen LogP contribution in [0.3, 0.4) is 0 Å². The SMILES string of the molecule is O=S(=O)(NC1CCC(Cl)CC1)c1cccc2ccccc12. The summed E-state index contributed by atoms with van der Waals surface area (Å²) in [5, 5.41) is 1.88. The second-order valence-corrected chi connectivity index (χ2v) is 7.85. The van der Waals surface area contributed by atoms with E-state index in [-0.39, 0.29) is 11.4 Å². The molecule has 1 N–H and O–H groups in total. The predicted molar refractivity (Wildman–Crippen MR) is 86.2 cm³/mol. The molecule has 21 heavy (non-hydrogen) atoms. The number of hydrogen-bond donors (Lipinski definition) is 1. The first kappa shape index (κ1) is 14.8. The lowest BCUT2D eigenvalue weighted by molar-refractivity contribution is 0.416. The fraction of sp³-hybridized carbons (Fsp3) is 0.375. The van der Waals surface area contributed by atoms with Gasteiger partial charge in [-0.25, -0.2) is 13.1 Å². The largest absolute Gasteiger partial charge is 0.241 e. The molecule has 2 aromatic rings. The molecule has 1 aliphatic carbocycles. The van der Waals surface area contributed by atoms with Crippen molar-refractivity contribution in [1.29, 1.82) is 0 Å². The van der Waals surface area contributed by atoms with E-state index in [4.69, 9.17) is 11.6 Å². The molecule has 0 bridgehead atoms. The predicted octanol–water partition coefficient (Wildman–Crippen LogP) is 3.67. The Balaban J connectivity index is 1.90. The van der Waals surface area contributed by atoms with Crippen LogP contribution >= 0.6 is 11.6 Å². The van der Waals surface area contributed by atoms with Crippen LogP contribution < -0.4 is 4.72 Å². The molecule has 3 rings (SSSR count). The lowest BCUT2D eigenvalue weighted by Crippen LogP contribution is -2.37. The molecule has 112 valence electrons. The van der Waals surface area contributed by atoms with Gasteiger partial charge in [-0.05, 0) is 37.1 Å². The van der Waals surface area contributed by atoms with Crippen LogP contribution in [0.15, 0.2) is 47.4 Å². The number of alkyl halides is 1. The van der Waals surface area contributed by atoms with E-state index >= 15 is 0 Å². The lowest BCUT2D eigenvalue weighted by atomic mass is 9.96. The molecule has 1 aliphatic rings. The molecule has 0 unspecified atom stereocenters. The van der Waals surface area contributed by atoms with E-state index in [9.17, 15) is 8.42 Å². The summed E-state index contributed by atoms with van der Waals surface area (Å²) < 4.78 is 28.1. The van der Waals surface area contributed by atoms with Crippen LogP contribution in [-0.2, 0) is 10.0 Å². The average Bonchev–Trinajstić information content (AvgIpc) is 2.49. The number of fused-ring (bicyclic) bond motifs is 1. The highest BCUT2D eigenvalue weighted by Gasteiger charge is 2.25. The molecular weight excluding hydrogens is 306 g/mol. The molecule has 3 nitrogen and oxygen atoms in total. The summed E-state index contributed by atoms with van der Waals surface area (Å²) in [4.78, 5) is 0.355. The maximum absolute atomic E-state index is 12.7. The van der Waals surface area contributed by atoms with Crippen LogP contribution in [0.1, 0.15) is 25.7 Å². The third kappa shape index (κ3) is 3.23. The molecule has 0 saturated heterocycles. The molecule has 0 radical (unpaired) electrons. The number of sulfonamides is 1. The van der Waals surface area contributed by atoms with Crippen molar-refractivity contribution in [2.24, 2.45) is 0 Å². The zero-order valence-electron chi connectivity index (χ0n) is 11.6. The van der Waals surface area contributed by atoms with Crippen molar-refractivity contribution in [1.82, 2.24) is 4.72 Å². The van der Waals surface area contributed by atoms with Crippen molar-refractivity contribution in [2.45, 2.75) is 42.0 Å². The summed E-state index contributed by atoms with van der Waals surface area (Å²) in [6.07, 6.45) is 3.34. The van der Waals surface area contributed by atoms with Crippen LogP contribution in [0.25, 0.3) is 10.8 Å². The summed E-state index contributed by atoms with van der Waals surface area (Å²) in [6.45, 7) is 0. The van der Waals surface area contributed by atoms with Gasteiger partial charge in [-0.2, -0.15) is 0 Å². The molecule has 0 atom stereocenters. The standard InChI is InChI=1S/C16H18ClNO2S/c17-13-8-10-14(11-9-13)18-21(19,20)16-7-3-5-12-4-1-2-6-15(12)16/h1-7,13-14,18H,8-11H2. The van der Waals surface area contributed by atoms with E-state index in [1.807, 2.05) is 30.3 Å². The first-order chi connectivity index (χ1) is 10.1. The minimum Gasteiger partial charge on any atom is -0.208 e. The molecule has 0 amide bonds. The maximum atomic E-state index is 12.7. The number of benzene rings is 2. The van der Waals surface area contributed by atoms with E-state index in [1.165, 1.54) is 0 Å². The molecule has 2 aromatic carbocycles. The molecular formula is C16H18ClNO2S. The van der Waals surface area contributed by atoms with E-state index in [0.29, 0.717) is 4.90 Å². The second kappa shape index (κ2) is 5.95. The minimum atomic E-state index is -3.50. The Hall–Kier alpha value is -1.10. The molecule has 1 saturated carbocycles. The van der Waals surface area contributed by atoms with Gasteiger partial charge in [0.1, 0.15) is 0 Å².